The highest BCUT2D eigenvalue weighted by Gasteiger charge is 2.30. The SMILES string of the molecule is CC1CCCCC1NCC(F)(F)CO. The predicted octanol–water partition coefficient (Wildman–Crippen LogP) is 1.78. The van der Waals surface area contributed by atoms with Crippen LogP contribution in [0, 0.1) is 5.92 Å². The molecule has 1 aliphatic carbocycles. The topological polar surface area (TPSA) is 32.3 Å². The molecule has 0 aromatic carbocycles. The molecule has 14 heavy (non-hydrogen) atoms. The lowest BCUT2D eigenvalue weighted by molar-refractivity contribution is -0.0510. The van der Waals surface area contributed by atoms with Gasteiger partial charge in [-0.3, -0.25) is 0 Å². The molecule has 0 saturated heterocycles. The Labute approximate surface area is 83.7 Å². The Kier molecular flexibility index (Phi) is 4.26. The zero-order valence-corrected chi connectivity index (χ0v) is 8.60. The van der Waals surface area contributed by atoms with Crippen LogP contribution in [0.1, 0.15) is 32.6 Å². The predicted molar refractivity (Wildman–Crippen MR) is 51.5 cm³/mol. The third kappa shape index (κ3) is 3.50. The number of aliphatic hydroxyl groups excluding tert-OH is 1. The molecule has 0 aromatic heterocycles. The lowest BCUT2D eigenvalue weighted by Crippen LogP contribution is -2.44. The normalized spacial score (nSPS) is 29.1. The lowest BCUT2D eigenvalue weighted by Gasteiger charge is -2.30. The Morgan fingerprint density at radius 3 is 2.57 bits per heavy atom. The fraction of sp³-hybridized carbons (Fsp3) is 1.00. The second-order valence-corrected chi connectivity index (χ2v) is 4.26. The third-order valence-electron chi connectivity index (χ3n) is 2.97. The Morgan fingerprint density at radius 1 is 1.36 bits per heavy atom. The summed E-state index contributed by atoms with van der Waals surface area (Å²) < 4.78 is 25.4. The van der Waals surface area contributed by atoms with Gasteiger partial charge in [-0.25, -0.2) is 8.78 Å². The number of rotatable bonds is 4. The summed E-state index contributed by atoms with van der Waals surface area (Å²) in [6.07, 6.45) is 4.41. The van der Waals surface area contributed by atoms with Gasteiger partial charge < -0.3 is 10.4 Å². The summed E-state index contributed by atoms with van der Waals surface area (Å²) in [7, 11) is 0. The molecule has 2 atom stereocenters. The molecule has 84 valence electrons. The number of halogens is 2. The van der Waals surface area contributed by atoms with E-state index >= 15 is 0 Å². The molecule has 0 aromatic rings. The molecular weight excluding hydrogens is 188 g/mol. The van der Waals surface area contributed by atoms with E-state index in [1.807, 2.05) is 0 Å². The fourth-order valence-electron chi connectivity index (χ4n) is 1.96. The van der Waals surface area contributed by atoms with E-state index in [0.717, 1.165) is 19.3 Å². The maximum absolute atomic E-state index is 12.7. The molecule has 0 heterocycles. The van der Waals surface area contributed by atoms with Crippen molar-refractivity contribution in [2.75, 3.05) is 13.2 Å². The monoisotopic (exact) mass is 207 g/mol. The first-order valence-corrected chi connectivity index (χ1v) is 5.27. The van der Waals surface area contributed by atoms with Crippen LogP contribution >= 0.6 is 0 Å². The van der Waals surface area contributed by atoms with Gasteiger partial charge in [-0.2, -0.15) is 0 Å². The van der Waals surface area contributed by atoms with E-state index in [9.17, 15) is 8.78 Å². The Hall–Kier alpha value is -0.220. The molecule has 4 heteroatoms. The van der Waals surface area contributed by atoms with Crippen LogP contribution in [0.15, 0.2) is 0 Å². The zero-order chi connectivity index (χ0) is 10.6. The van der Waals surface area contributed by atoms with E-state index < -0.39 is 19.1 Å². The summed E-state index contributed by atoms with van der Waals surface area (Å²) in [5.74, 6) is -2.50. The summed E-state index contributed by atoms with van der Waals surface area (Å²) >= 11 is 0. The van der Waals surface area contributed by atoms with Crippen LogP contribution in [0.3, 0.4) is 0 Å². The minimum atomic E-state index is -2.98. The summed E-state index contributed by atoms with van der Waals surface area (Å²) in [5, 5.41) is 11.3. The van der Waals surface area contributed by atoms with Gasteiger partial charge in [-0.1, -0.05) is 19.8 Å². The van der Waals surface area contributed by atoms with Crippen LogP contribution in [-0.4, -0.2) is 30.2 Å². The maximum Gasteiger partial charge on any atom is 0.282 e. The second-order valence-electron chi connectivity index (χ2n) is 4.26. The van der Waals surface area contributed by atoms with E-state index in [4.69, 9.17) is 5.11 Å². The summed E-state index contributed by atoms with van der Waals surface area (Å²) in [6, 6.07) is 0.196. The fourth-order valence-corrected chi connectivity index (χ4v) is 1.96. The van der Waals surface area contributed by atoms with E-state index in [-0.39, 0.29) is 6.04 Å². The summed E-state index contributed by atoms with van der Waals surface area (Å²) in [4.78, 5) is 0. The standard InChI is InChI=1S/C10H19F2NO/c1-8-4-2-3-5-9(8)13-6-10(11,12)7-14/h8-9,13-14H,2-7H2,1H3. The van der Waals surface area contributed by atoms with Gasteiger partial charge in [0.1, 0.15) is 6.61 Å². The number of nitrogens with one attached hydrogen (secondary N) is 1. The van der Waals surface area contributed by atoms with Gasteiger partial charge in [0.15, 0.2) is 0 Å². The lowest BCUT2D eigenvalue weighted by atomic mass is 9.86. The Balaban J connectivity index is 2.29. The summed E-state index contributed by atoms with van der Waals surface area (Å²) in [5.41, 5.74) is 0. The molecule has 1 fully saturated rings. The minimum Gasteiger partial charge on any atom is -0.390 e. The van der Waals surface area contributed by atoms with Crippen molar-refractivity contribution in [1.82, 2.24) is 5.32 Å². The molecule has 0 bridgehead atoms. The highest BCUT2D eigenvalue weighted by atomic mass is 19.3. The van der Waals surface area contributed by atoms with Crippen molar-refractivity contribution in [3.05, 3.63) is 0 Å². The first-order chi connectivity index (χ1) is 6.55. The molecule has 1 rings (SSSR count). The highest BCUT2D eigenvalue weighted by molar-refractivity contribution is 4.80. The van der Waals surface area contributed by atoms with Crippen LogP contribution in [0.4, 0.5) is 8.78 Å². The van der Waals surface area contributed by atoms with Gasteiger partial charge in [-0.05, 0) is 18.8 Å². The van der Waals surface area contributed by atoms with Gasteiger partial charge >= 0.3 is 0 Å². The molecule has 0 amide bonds. The Bertz CT molecular complexity index is 176. The van der Waals surface area contributed by atoms with E-state index in [1.54, 1.807) is 0 Å². The van der Waals surface area contributed by atoms with Crippen LogP contribution in [0.2, 0.25) is 0 Å². The molecule has 2 unspecified atom stereocenters. The van der Waals surface area contributed by atoms with Gasteiger partial charge in [0.25, 0.3) is 5.92 Å². The van der Waals surface area contributed by atoms with Gasteiger partial charge in [0.05, 0.1) is 6.54 Å². The van der Waals surface area contributed by atoms with Crippen LogP contribution in [0.5, 0.6) is 0 Å². The van der Waals surface area contributed by atoms with E-state index in [1.165, 1.54) is 6.42 Å². The molecule has 0 aliphatic heterocycles. The van der Waals surface area contributed by atoms with Gasteiger partial charge in [-0.15, -0.1) is 0 Å². The molecule has 0 spiro atoms. The van der Waals surface area contributed by atoms with Crippen molar-refractivity contribution in [3.8, 4) is 0 Å². The number of aliphatic hydroxyl groups is 1. The van der Waals surface area contributed by atoms with E-state index in [2.05, 4.69) is 12.2 Å². The van der Waals surface area contributed by atoms with E-state index in [0.29, 0.717) is 5.92 Å². The largest absolute Gasteiger partial charge is 0.390 e. The van der Waals surface area contributed by atoms with Gasteiger partial charge in [0, 0.05) is 6.04 Å². The number of hydrogen-bond donors (Lipinski definition) is 2. The van der Waals surface area contributed by atoms with Crippen molar-refractivity contribution in [2.45, 2.75) is 44.6 Å². The van der Waals surface area contributed by atoms with Crippen molar-refractivity contribution < 1.29 is 13.9 Å². The van der Waals surface area contributed by atoms with Crippen LogP contribution in [0.25, 0.3) is 0 Å². The first-order valence-electron chi connectivity index (χ1n) is 5.27. The molecular formula is C10H19F2NO. The Morgan fingerprint density at radius 2 is 2.00 bits per heavy atom. The number of alkyl halides is 2. The second kappa shape index (κ2) is 5.03. The number of hydrogen-bond acceptors (Lipinski definition) is 2. The quantitative estimate of drug-likeness (QED) is 0.736. The smallest absolute Gasteiger partial charge is 0.282 e. The highest BCUT2D eigenvalue weighted by Crippen LogP contribution is 2.24. The van der Waals surface area contributed by atoms with Crippen molar-refractivity contribution in [2.24, 2.45) is 5.92 Å². The van der Waals surface area contributed by atoms with Crippen molar-refractivity contribution in [3.63, 3.8) is 0 Å². The van der Waals surface area contributed by atoms with Crippen molar-refractivity contribution in [1.29, 1.82) is 0 Å². The molecule has 1 aliphatic rings. The third-order valence-corrected chi connectivity index (χ3v) is 2.97. The van der Waals surface area contributed by atoms with Crippen LogP contribution in [-0.2, 0) is 0 Å². The summed E-state index contributed by atoms with van der Waals surface area (Å²) in [6.45, 7) is 0.619. The average molecular weight is 207 g/mol. The maximum atomic E-state index is 12.7. The minimum absolute atomic E-state index is 0.196. The molecule has 0 radical (unpaired) electrons. The van der Waals surface area contributed by atoms with Crippen molar-refractivity contribution >= 4 is 0 Å². The van der Waals surface area contributed by atoms with Gasteiger partial charge in [0.2, 0.25) is 0 Å². The zero-order valence-electron chi connectivity index (χ0n) is 8.60. The molecule has 1 saturated carbocycles. The van der Waals surface area contributed by atoms with Crippen LogP contribution < -0.4 is 5.32 Å². The first kappa shape index (κ1) is 11.9. The molecule has 2 N–H and O–H groups in total. The average Bonchev–Trinajstić information content (AvgIpc) is 2.17. The molecule has 2 nitrogen and oxygen atoms in total.